The Kier molecular flexibility index (Phi) is 9.28. The zero-order chi connectivity index (χ0) is 14.0. The van der Waals surface area contributed by atoms with Crippen molar-refractivity contribution in [3.63, 3.8) is 0 Å². The first-order chi connectivity index (χ1) is 8.41. The van der Waals surface area contributed by atoms with E-state index in [1.54, 1.807) is 0 Å². The number of rotatable bonds is 9. The number of carbonyl (C=O) groups excluding carboxylic acids is 2. The Morgan fingerprint density at radius 3 is 1.89 bits per heavy atom. The van der Waals surface area contributed by atoms with Crippen LogP contribution in [0.3, 0.4) is 0 Å². The molecule has 0 aliphatic heterocycles. The van der Waals surface area contributed by atoms with Crippen LogP contribution in [0.1, 0.15) is 34.1 Å². The lowest BCUT2D eigenvalue weighted by Crippen LogP contribution is -2.17. The van der Waals surface area contributed by atoms with E-state index in [2.05, 4.69) is 0 Å². The third-order valence-electron chi connectivity index (χ3n) is 1.83. The van der Waals surface area contributed by atoms with E-state index in [1.165, 1.54) is 0 Å². The average molecular weight is 260 g/mol. The summed E-state index contributed by atoms with van der Waals surface area (Å²) in [6.07, 6.45) is 0.157. The molecule has 0 amide bonds. The van der Waals surface area contributed by atoms with Gasteiger partial charge in [-0.2, -0.15) is 0 Å². The molecule has 0 spiro atoms. The summed E-state index contributed by atoms with van der Waals surface area (Å²) < 4.78 is 14.9. The van der Waals surface area contributed by atoms with Crippen LogP contribution in [-0.2, 0) is 23.8 Å². The van der Waals surface area contributed by atoms with E-state index in [4.69, 9.17) is 14.2 Å². The molecular formula is C13H24O5. The lowest BCUT2D eigenvalue weighted by molar-refractivity contribution is -0.153. The van der Waals surface area contributed by atoms with E-state index in [-0.39, 0.29) is 25.6 Å². The van der Waals surface area contributed by atoms with Crippen molar-refractivity contribution in [1.82, 2.24) is 0 Å². The van der Waals surface area contributed by atoms with Crippen LogP contribution in [0.25, 0.3) is 0 Å². The van der Waals surface area contributed by atoms with Crippen molar-refractivity contribution in [2.75, 3.05) is 26.4 Å². The second-order valence-corrected chi connectivity index (χ2v) is 4.96. The Bertz CT molecular complexity index is 222. The monoisotopic (exact) mass is 260 g/mol. The van der Waals surface area contributed by atoms with Crippen LogP contribution in [0.15, 0.2) is 0 Å². The highest BCUT2D eigenvalue weighted by molar-refractivity contribution is 5.71. The molecule has 0 aromatic carbocycles. The molecule has 0 fully saturated rings. The van der Waals surface area contributed by atoms with Crippen LogP contribution in [0, 0.1) is 11.8 Å². The van der Waals surface area contributed by atoms with Crippen LogP contribution >= 0.6 is 0 Å². The number of esters is 2. The maximum Gasteiger partial charge on any atom is 0.332 e. The summed E-state index contributed by atoms with van der Waals surface area (Å²) in [5, 5.41) is 0. The molecule has 0 heterocycles. The molecule has 0 bridgehead atoms. The van der Waals surface area contributed by atoms with Crippen LogP contribution in [-0.4, -0.2) is 38.4 Å². The van der Waals surface area contributed by atoms with Gasteiger partial charge in [-0.3, -0.25) is 4.79 Å². The maximum atomic E-state index is 11.2. The lowest BCUT2D eigenvalue weighted by atomic mass is 10.2. The van der Waals surface area contributed by atoms with Gasteiger partial charge in [0.15, 0.2) is 0 Å². The summed E-state index contributed by atoms with van der Waals surface area (Å²) >= 11 is 0. The van der Waals surface area contributed by atoms with Gasteiger partial charge in [-0.25, -0.2) is 4.79 Å². The summed E-state index contributed by atoms with van der Waals surface area (Å²) in [5.74, 6) is -0.0839. The minimum atomic E-state index is -0.403. The molecule has 106 valence electrons. The van der Waals surface area contributed by atoms with Crippen LogP contribution in [0.5, 0.6) is 0 Å². The summed E-state index contributed by atoms with van der Waals surface area (Å²) in [6, 6.07) is 0. The average Bonchev–Trinajstić information content (AvgIpc) is 2.29. The number of hydrogen-bond acceptors (Lipinski definition) is 5. The fourth-order valence-corrected chi connectivity index (χ4v) is 0.944. The highest BCUT2D eigenvalue weighted by atomic mass is 16.6. The van der Waals surface area contributed by atoms with Gasteiger partial charge in [-0.15, -0.1) is 0 Å². The zero-order valence-electron chi connectivity index (χ0n) is 11.7. The van der Waals surface area contributed by atoms with E-state index in [1.807, 2.05) is 27.7 Å². The molecule has 0 saturated carbocycles. The quantitative estimate of drug-likeness (QED) is 0.467. The van der Waals surface area contributed by atoms with Gasteiger partial charge in [0.1, 0.15) is 6.61 Å². The van der Waals surface area contributed by atoms with Gasteiger partial charge in [0.2, 0.25) is 0 Å². The molecule has 0 aromatic rings. The molecule has 0 aliphatic carbocycles. The molecule has 0 unspecified atom stereocenters. The largest absolute Gasteiger partial charge is 0.465 e. The first kappa shape index (κ1) is 16.9. The predicted octanol–water partition coefficient (Wildman–Crippen LogP) is 1.79. The predicted molar refractivity (Wildman–Crippen MR) is 67.0 cm³/mol. The van der Waals surface area contributed by atoms with E-state index in [0.29, 0.717) is 25.0 Å². The van der Waals surface area contributed by atoms with Gasteiger partial charge < -0.3 is 14.2 Å². The summed E-state index contributed by atoms with van der Waals surface area (Å²) in [5.41, 5.74) is 0. The molecule has 0 N–H and O–H groups in total. The number of ether oxygens (including phenoxy) is 3. The van der Waals surface area contributed by atoms with Crippen molar-refractivity contribution < 1.29 is 23.8 Å². The number of carbonyl (C=O) groups is 2. The fourth-order valence-electron chi connectivity index (χ4n) is 0.944. The Hall–Kier alpha value is -1.10. The van der Waals surface area contributed by atoms with Crippen molar-refractivity contribution in [2.45, 2.75) is 34.1 Å². The SMILES string of the molecule is CC(C)COC(=O)CCOCC(=O)OCC(C)C. The highest BCUT2D eigenvalue weighted by Gasteiger charge is 2.07. The molecule has 5 heteroatoms. The normalized spacial score (nSPS) is 10.8. The summed E-state index contributed by atoms with van der Waals surface area (Å²) in [6.45, 7) is 8.70. The Morgan fingerprint density at radius 1 is 0.889 bits per heavy atom. The smallest absolute Gasteiger partial charge is 0.332 e. The van der Waals surface area contributed by atoms with Crippen LogP contribution in [0.2, 0.25) is 0 Å². The van der Waals surface area contributed by atoms with E-state index >= 15 is 0 Å². The fraction of sp³-hybridized carbons (Fsp3) is 0.846. The number of hydrogen-bond donors (Lipinski definition) is 0. The summed E-state index contributed by atoms with van der Waals surface area (Å²) in [7, 11) is 0. The maximum absolute atomic E-state index is 11.2. The third kappa shape index (κ3) is 11.4. The Labute approximate surface area is 109 Å². The van der Waals surface area contributed by atoms with Gasteiger partial charge in [0, 0.05) is 0 Å². The van der Waals surface area contributed by atoms with Gasteiger partial charge >= 0.3 is 11.9 Å². The lowest BCUT2D eigenvalue weighted by Gasteiger charge is -2.08. The molecule has 5 nitrogen and oxygen atoms in total. The third-order valence-corrected chi connectivity index (χ3v) is 1.83. The first-order valence-corrected chi connectivity index (χ1v) is 6.30. The standard InChI is InChI=1S/C13H24O5/c1-10(2)7-17-12(14)5-6-16-9-13(15)18-8-11(3)4/h10-11H,5-9H2,1-4H3. The van der Waals surface area contributed by atoms with E-state index in [9.17, 15) is 9.59 Å². The van der Waals surface area contributed by atoms with E-state index in [0.717, 1.165) is 0 Å². The van der Waals surface area contributed by atoms with Crippen molar-refractivity contribution in [3.8, 4) is 0 Å². The topological polar surface area (TPSA) is 61.8 Å². The first-order valence-electron chi connectivity index (χ1n) is 6.30. The van der Waals surface area contributed by atoms with Gasteiger partial charge in [0.25, 0.3) is 0 Å². The van der Waals surface area contributed by atoms with Crippen molar-refractivity contribution in [3.05, 3.63) is 0 Å². The molecule has 0 rings (SSSR count). The highest BCUT2D eigenvalue weighted by Crippen LogP contribution is 1.96. The van der Waals surface area contributed by atoms with Gasteiger partial charge in [-0.05, 0) is 11.8 Å². The molecule has 0 saturated heterocycles. The van der Waals surface area contributed by atoms with Crippen molar-refractivity contribution >= 4 is 11.9 Å². The van der Waals surface area contributed by atoms with Crippen LogP contribution in [0.4, 0.5) is 0 Å². The van der Waals surface area contributed by atoms with Gasteiger partial charge in [0.05, 0.1) is 26.2 Å². The minimum absolute atomic E-state index is 0.121. The molecule has 0 radical (unpaired) electrons. The molecule has 0 aromatic heterocycles. The van der Waals surface area contributed by atoms with Crippen LogP contribution < -0.4 is 0 Å². The molecule has 18 heavy (non-hydrogen) atoms. The Morgan fingerprint density at radius 2 is 1.39 bits per heavy atom. The Balaban J connectivity index is 3.44. The summed E-state index contributed by atoms with van der Waals surface area (Å²) in [4.78, 5) is 22.3. The molecule has 0 atom stereocenters. The molecule has 0 aliphatic rings. The second kappa shape index (κ2) is 9.88. The van der Waals surface area contributed by atoms with Gasteiger partial charge in [-0.1, -0.05) is 27.7 Å². The molecular weight excluding hydrogens is 236 g/mol. The van der Waals surface area contributed by atoms with E-state index < -0.39 is 5.97 Å². The van der Waals surface area contributed by atoms with Crippen molar-refractivity contribution in [1.29, 1.82) is 0 Å². The zero-order valence-corrected chi connectivity index (χ0v) is 11.7. The minimum Gasteiger partial charge on any atom is -0.465 e. The van der Waals surface area contributed by atoms with Crippen molar-refractivity contribution in [2.24, 2.45) is 11.8 Å². The second-order valence-electron chi connectivity index (χ2n) is 4.96.